The Labute approximate surface area is 151 Å². The van der Waals surface area contributed by atoms with Crippen LogP contribution in [-0.2, 0) is 15.6 Å². The summed E-state index contributed by atoms with van der Waals surface area (Å²) in [6.45, 7) is 0. The normalized spacial score (nSPS) is 11.3. The van der Waals surface area contributed by atoms with Crippen LogP contribution >= 0.6 is 11.3 Å². The molecule has 1 amide bonds. The molecule has 0 aliphatic rings. The highest BCUT2D eigenvalue weighted by atomic mass is 32.2. The maximum atomic E-state index is 13.6. The topological polar surface area (TPSA) is 89.0 Å². The average molecular weight is 395 g/mol. The first-order valence-corrected chi connectivity index (χ1v) is 9.68. The molecule has 0 unspecified atom stereocenters. The van der Waals surface area contributed by atoms with Crippen LogP contribution in [0.1, 0.15) is 15.9 Å². The molecule has 3 rings (SSSR count). The first-order valence-electron chi connectivity index (χ1n) is 7.22. The average Bonchev–Trinajstić information content (AvgIpc) is 3.07. The first kappa shape index (κ1) is 18.1. The van der Waals surface area contributed by atoms with Crippen molar-refractivity contribution in [1.29, 1.82) is 0 Å². The third-order valence-corrected chi connectivity index (χ3v) is 6.25. The van der Waals surface area contributed by atoms with E-state index in [1.54, 1.807) is 0 Å². The molecule has 0 atom stereocenters. The maximum absolute atomic E-state index is 13.6. The first-order chi connectivity index (χ1) is 12.3. The molecular formula is C16H11F2N3O3S2. The van der Waals surface area contributed by atoms with Crippen molar-refractivity contribution in [2.75, 3.05) is 5.32 Å². The zero-order valence-corrected chi connectivity index (χ0v) is 14.7. The summed E-state index contributed by atoms with van der Waals surface area (Å²) in [7, 11) is -3.92. The second kappa shape index (κ2) is 7.26. The highest BCUT2D eigenvalue weighted by Crippen LogP contribution is 2.24. The van der Waals surface area contributed by atoms with Crippen LogP contribution in [0.2, 0.25) is 0 Å². The van der Waals surface area contributed by atoms with Crippen LogP contribution in [0.5, 0.6) is 0 Å². The van der Waals surface area contributed by atoms with Gasteiger partial charge < -0.3 is 0 Å². The Kier molecular flexibility index (Phi) is 5.05. The number of sulfone groups is 1. The van der Waals surface area contributed by atoms with Crippen LogP contribution in [0.4, 0.5) is 13.9 Å². The van der Waals surface area contributed by atoms with Crippen molar-refractivity contribution >= 4 is 32.2 Å². The van der Waals surface area contributed by atoms with Crippen molar-refractivity contribution in [3.63, 3.8) is 0 Å². The Hall–Kier alpha value is -2.72. The molecule has 0 fully saturated rings. The van der Waals surface area contributed by atoms with Gasteiger partial charge in [-0.05, 0) is 30.3 Å². The standard InChI is InChI=1S/C16H11F2N3O3S2/c17-12-7-5-10(6-8-12)14(22)19-15-20-21-16(25-15)26(23,24)9-11-3-1-2-4-13(11)18/h1-8H,9H2,(H,19,20,22). The Morgan fingerprint density at radius 1 is 1.04 bits per heavy atom. The van der Waals surface area contributed by atoms with Crippen LogP contribution in [-0.4, -0.2) is 24.5 Å². The highest BCUT2D eigenvalue weighted by molar-refractivity contribution is 7.92. The number of hydrogen-bond donors (Lipinski definition) is 1. The Bertz CT molecular complexity index is 1050. The van der Waals surface area contributed by atoms with Gasteiger partial charge in [-0.3, -0.25) is 10.1 Å². The number of rotatable bonds is 5. The summed E-state index contributed by atoms with van der Waals surface area (Å²) < 4.78 is 50.9. The van der Waals surface area contributed by atoms with E-state index in [0.717, 1.165) is 12.1 Å². The number of carbonyl (C=O) groups excluding carboxylic acids is 1. The fourth-order valence-corrected chi connectivity index (χ4v) is 4.36. The van der Waals surface area contributed by atoms with Crippen LogP contribution < -0.4 is 5.32 Å². The van der Waals surface area contributed by atoms with E-state index in [4.69, 9.17) is 0 Å². The van der Waals surface area contributed by atoms with E-state index in [2.05, 4.69) is 15.5 Å². The van der Waals surface area contributed by atoms with E-state index in [1.165, 1.54) is 36.4 Å². The van der Waals surface area contributed by atoms with Gasteiger partial charge in [0.1, 0.15) is 11.6 Å². The Morgan fingerprint density at radius 2 is 1.73 bits per heavy atom. The second-order valence-corrected chi connectivity index (χ2v) is 8.33. The number of amides is 1. The van der Waals surface area contributed by atoms with Gasteiger partial charge in [-0.25, -0.2) is 17.2 Å². The zero-order chi connectivity index (χ0) is 18.7. The van der Waals surface area contributed by atoms with Crippen LogP contribution in [0.3, 0.4) is 0 Å². The van der Waals surface area contributed by atoms with Crippen molar-refractivity contribution in [3.05, 3.63) is 71.3 Å². The molecule has 0 radical (unpaired) electrons. The molecule has 2 aromatic carbocycles. The Balaban J connectivity index is 1.75. The van der Waals surface area contributed by atoms with Crippen molar-refractivity contribution < 1.29 is 22.0 Å². The van der Waals surface area contributed by atoms with E-state index in [0.29, 0.717) is 11.3 Å². The number of benzene rings is 2. The van der Waals surface area contributed by atoms with Gasteiger partial charge in [0, 0.05) is 11.1 Å². The minimum absolute atomic E-state index is 0.0135. The maximum Gasteiger partial charge on any atom is 0.257 e. The lowest BCUT2D eigenvalue weighted by atomic mass is 10.2. The predicted molar refractivity (Wildman–Crippen MR) is 91.6 cm³/mol. The lowest BCUT2D eigenvalue weighted by Gasteiger charge is -2.02. The summed E-state index contributed by atoms with van der Waals surface area (Å²) >= 11 is 0.652. The summed E-state index contributed by atoms with van der Waals surface area (Å²) in [6, 6.07) is 10.3. The number of anilines is 1. The molecule has 1 heterocycles. The molecule has 0 spiro atoms. The van der Waals surface area contributed by atoms with Gasteiger partial charge >= 0.3 is 0 Å². The van der Waals surface area contributed by atoms with Gasteiger partial charge in [0.05, 0.1) is 5.75 Å². The fraction of sp³-hybridized carbons (Fsp3) is 0.0625. The van der Waals surface area contributed by atoms with Gasteiger partial charge in [0.25, 0.3) is 5.91 Å². The molecule has 1 aromatic heterocycles. The van der Waals surface area contributed by atoms with Crippen LogP contribution in [0.25, 0.3) is 0 Å². The molecule has 0 aliphatic heterocycles. The predicted octanol–water partition coefficient (Wildman–Crippen LogP) is 3.04. The highest BCUT2D eigenvalue weighted by Gasteiger charge is 2.23. The lowest BCUT2D eigenvalue weighted by Crippen LogP contribution is -2.11. The number of nitrogens with one attached hydrogen (secondary N) is 1. The molecule has 6 nitrogen and oxygen atoms in total. The quantitative estimate of drug-likeness (QED) is 0.671. The van der Waals surface area contributed by atoms with E-state index in [-0.39, 0.29) is 20.6 Å². The largest absolute Gasteiger partial charge is 0.296 e. The molecule has 3 aromatic rings. The molecule has 10 heteroatoms. The molecule has 0 bridgehead atoms. The minimum atomic E-state index is -3.92. The van der Waals surface area contributed by atoms with E-state index < -0.39 is 33.1 Å². The molecule has 1 N–H and O–H groups in total. The van der Waals surface area contributed by atoms with Crippen molar-refractivity contribution in [1.82, 2.24) is 10.2 Å². The lowest BCUT2D eigenvalue weighted by molar-refractivity contribution is 0.102. The van der Waals surface area contributed by atoms with Gasteiger partial charge in [0.15, 0.2) is 0 Å². The second-order valence-electron chi connectivity index (χ2n) is 5.18. The molecule has 0 saturated carbocycles. The molecular weight excluding hydrogens is 384 g/mol. The number of carbonyl (C=O) groups is 1. The number of halogens is 2. The van der Waals surface area contributed by atoms with Gasteiger partial charge in [-0.2, -0.15) is 0 Å². The van der Waals surface area contributed by atoms with E-state index in [1.807, 2.05) is 0 Å². The molecule has 26 heavy (non-hydrogen) atoms. The third-order valence-electron chi connectivity index (χ3n) is 3.30. The molecule has 134 valence electrons. The van der Waals surface area contributed by atoms with Gasteiger partial charge in [-0.15, -0.1) is 10.2 Å². The van der Waals surface area contributed by atoms with Crippen LogP contribution in [0, 0.1) is 11.6 Å². The van der Waals surface area contributed by atoms with Gasteiger partial charge in [-0.1, -0.05) is 29.5 Å². The monoisotopic (exact) mass is 395 g/mol. The molecule has 0 saturated heterocycles. The third kappa shape index (κ3) is 4.09. The zero-order valence-electron chi connectivity index (χ0n) is 13.0. The number of hydrogen-bond acceptors (Lipinski definition) is 6. The summed E-state index contributed by atoms with van der Waals surface area (Å²) in [5.41, 5.74) is 0.192. The molecule has 0 aliphatic carbocycles. The summed E-state index contributed by atoms with van der Waals surface area (Å²) in [4.78, 5) is 12.0. The summed E-state index contributed by atoms with van der Waals surface area (Å²) in [5, 5.41) is 9.53. The fourth-order valence-electron chi connectivity index (χ4n) is 2.04. The van der Waals surface area contributed by atoms with Crippen molar-refractivity contribution in [2.45, 2.75) is 10.1 Å². The van der Waals surface area contributed by atoms with Gasteiger partial charge in [0.2, 0.25) is 19.3 Å². The number of nitrogens with zero attached hydrogens (tertiary/aromatic N) is 2. The van der Waals surface area contributed by atoms with Crippen molar-refractivity contribution in [3.8, 4) is 0 Å². The summed E-state index contributed by atoms with van der Waals surface area (Å²) in [6.07, 6.45) is 0. The summed E-state index contributed by atoms with van der Waals surface area (Å²) in [5.74, 6) is -2.27. The minimum Gasteiger partial charge on any atom is -0.296 e. The SMILES string of the molecule is O=C(Nc1nnc(S(=O)(=O)Cc2ccccc2F)s1)c1ccc(F)cc1. The Morgan fingerprint density at radius 3 is 2.42 bits per heavy atom. The van der Waals surface area contributed by atoms with E-state index in [9.17, 15) is 22.0 Å². The number of aromatic nitrogens is 2. The van der Waals surface area contributed by atoms with E-state index >= 15 is 0 Å². The smallest absolute Gasteiger partial charge is 0.257 e. The van der Waals surface area contributed by atoms with Crippen LogP contribution in [0.15, 0.2) is 52.9 Å². The van der Waals surface area contributed by atoms with Crippen molar-refractivity contribution in [2.24, 2.45) is 0 Å².